The minimum atomic E-state index is -4.35. The second-order valence-electron chi connectivity index (χ2n) is 7.35. The third-order valence-electron chi connectivity index (χ3n) is 2.81. The van der Waals surface area contributed by atoms with Crippen LogP contribution in [0.5, 0.6) is 0 Å². The summed E-state index contributed by atoms with van der Waals surface area (Å²) in [6.45, 7) is 11.8. The highest BCUT2D eigenvalue weighted by Gasteiger charge is 2.30. The second-order valence-corrected chi connectivity index (χ2v) is 7.35. The first-order chi connectivity index (χ1) is 10.2. The van der Waals surface area contributed by atoms with Gasteiger partial charge in [-0.1, -0.05) is 53.7 Å². The van der Waals surface area contributed by atoms with E-state index in [1.54, 1.807) is 20.8 Å². The predicted octanol–water partition coefficient (Wildman–Crippen LogP) is 4.85. The van der Waals surface area contributed by atoms with Crippen LogP contribution in [0.25, 0.3) is 0 Å². The third-order valence-corrected chi connectivity index (χ3v) is 2.81. The molecule has 0 saturated carbocycles. The lowest BCUT2D eigenvalue weighted by molar-refractivity contribution is -0.137. The first-order valence-corrected chi connectivity index (χ1v) is 7.71. The number of carbonyl (C=O) groups is 1. The first-order valence-electron chi connectivity index (χ1n) is 7.71. The molecule has 0 fully saturated rings. The van der Waals surface area contributed by atoms with Gasteiger partial charge in [0.2, 0.25) is 0 Å². The van der Waals surface area contributed by atoms with E-state index in [2.05, 4.69) is 20.8 Å². The van der Waals surface area contributed by atoms with E-state index in [4.69, 9.17) is 5.73 Å². The van der Waals surface area contributed by atoms with Crippen LogP contribution in [0.2, 0.25) is 0 Å². The van der Waals surface area contributed by atoms with E-state index in [0.717, 1.165) is 18.1 Å². The van der Waals surface area contributed by atoms with E-state index in [1.165, 1.54) is 12.1 Å². The molecule has 132 valence electrons. The highest BCUT2D eigenvalue weighted by molar-refractivity contribution is 5.88. The van der Waals surface area contributed by atoms with Crippen LogP contribution < -0.4 is 5.73 Å². The third kappa shape index (κ3) is 8.74. The van der Waals surface area contributed by atoms with Gasteiger partial charge in [-0.3, -0.25) is 4.79 Å². The Morgan fingerprint density at radius 2 is 1.43 bits per heavy atom. The van der Waals surface area contributed by atoms with E-state index >= 15 is 0 Å². The summed E-state index contributed by atoms with van der Waals surface area (Å²) in [5, 5.41) is 0. The van der Waals surface area contributed by atoms with Crippen LogP contribution in [0.15, 0.2) is 24.3 Å². The number of Topliss-reactive ketones (excluding diaryl/α,β-unsaturated/α-hetero) is 1. The summed E-state index contributed by atoms with van der Waals surface area (Å²) in [4.78, 5) is 11.9. The number of halogens is 3. The molecule has 0 saturated heterocycles. The molecular formula is C18H28F3NO. The van der Waals surface area contributed by atoms with Gasteiger partial charge in [-0.15, -0.1) is 0 Å². The van der Waals surface area contributed by atoms with Gasteiger partial charge < -0.3 is 5.73 Å². The molecule has 0 aliphatic carbocycles. The Bertz CT molecular complexity index is 482. The Kier molecular flexibility index (Phi) is 7.98. The van der Waals surface area contributed by atoms with Gasteiger partial charge in [0.1, 0.15) is 0 Å². The number of benzene rings is 1. The van der Waals surface area contributed by atoms with Gasteiger partial charge in [0.05, 0.1) is 11.6 Å². The minimum Gasteiger partial charge on any atom is -0.321 e. The fourth-order valence-corrected chi connectivity index (χ4v) is 1.73. The lowest BCUT2D eigenvalue weighted by atomic mass is 9.84. The van der Waals surface area contributed by atoms with Crippen LogP contribution in [-0.2, 0) is 17.4 Å². The molecule has 2 N–H and O–H groups in total. The van der Waals surface area contributed by atoms with Crippen molar-refractivity contribution in [3.8, 4) is 0 Å². The molecule has 0 aliphatic rings. The molecule has 0 unspecified atom stereocenters. The van der Waals surface area contributed by atoms with Crippen LogP contribution >= 0.6 is 0 Å². The summed E-state index contributed by atoms with van der Waals surface area (Å²) >= 11 is 0. The Morgan fingerprint density at radius 1 is 1.04 bits per heavy atom. The van der Waals surface area contributed by atoms with Gasteiger partial charge in [-0.05, 0) is 30.0 Å². The highest BCUT2D eigenvalue weighted by Crippen LogP contribution is 2.29. The lowest BCUT2D eigenvalue weighted by Crippen LogP contribution is -2.40. The standard InChI is InChI=1S/C14H18F3NO.C4H10/c1-13(2,3)12(19)11(18)8-9-4-6-10(7-5-9)14(15,16)17;1-4(2)3/h4-7,11H,8,18H2,1-3H3;4H,1-3H3/t11-;/m0./s1. The topological polar surface area (TPSA) is 43.1 Å². The van der Waals surface area contributed by atoms with E-state index < -0.39 is 23.2 Å². The Labute approximate surface area is 137 Å². The van der Waals surface area contributed by atoms with Crippen molar-refractivity contribution in [3.63, 3.8) is 0 Å². The fourth-order valence-electron chi connectivity index (χ4n) is 1.73. The van der Waals surface area contributed by atoms with Gasteiger partial charge in [0.15, 0.2) is 5.78 Å². The van der Waals surface area contributed by atoms with Crippen LogP contribution in [0.1, 0.15) is 52.7 Å². The first kappa shape index (κ1) is 21.6. The van der Waals surface area contributed by atoms with E-state index in [1.807, 2.05) is 0 Å². The maximum Gasteiger partial charge on any atom is 0.416 e. The van der Waals surface area contributed by atoms with Gasteiger partial charge in [0.25, 0.3) is 0 Å². The van der Waals surface area contributed by atoms with Crippen molar-refractivity contribution in [2.45, 2.75) is 60.2 Å². The normalized spacial score (nSPS) is 13.3. The highest BCUT2D eigenvalue weighted by atomic mass is 19.4. The van der Waals surface area contributed by atoms with Crippen LogP contribution in [0, 0.1) is 11.3 Å². The van der Waals surface area contributed by atoms with Crippen LogP contribution in [-0.4, -0.2) is 11.8 Å². The van der Waals surface area contributed by atoms with Crippen molar-refractivity contribution in [1.82, 2.24) is 0 Å². The molecule has 0 bridgehead atoms. The number of alkyl halides is 3. The van der Waals surface area contributed by atoms with Crippen molar-refractivity contribution >= 4 is 5.78 Å². The molecule has 0 spiro atoms. The van der Waals surface area contributed by atoms with Crippen molar-refractivity contribution in [3.05, 3.63) is 35.4 Å². The van der Waals surface area contributed by atoms with Crippen molar-refractivity contribution < 1.29 is 18.0 Å². The maximum atomic E-state index is 12.4. The number of ketones is 1. The van der Waals surface area contributed by atoms with Crippen LogP contribution in [0.3, 0.4) is 0 Å². The maximum absolute atomic E-state index is 12.4. The van der Waals surface area contributed by atoms with Gasteiger partial charge in [-0.2, -0.15) is 13.2 Å². The lowest BCUT2D eigenvalue weighted by Gasteiger charge is -2.21. The number of hydrogen-bond donors (Lipinski definition) is 1. The molecule has 1 aromatic carbocycles. The molecule has 0 heterocycles. The van der Waals surface area contributed by atoms with E-state index in [9.17, 15) is 18.0 Å². The quantitative estimate of drug-likeness (QED) is 0.860. The van der Waals surface area contributed by atoms with E-state index in [0.29, 0.717) is 5.56 Å². The van der Waals surface area contributed by atoms with Gasteiger partial charge in [0, 0.05) is 5.41 Å². The zero-order chi connectivity index (χ0) is 18.4. The molecule has 1 aromatic rings. The monoisotopic (exact) mass is 331 g/mol. The van der Waals surface area contributed by atoms with Gasteiger partial charge in [-0.25, -0.2) is 0 Å². The molecule has 2 nitrogen and oxygen atoms in total. The molecule has 23 heavy (non-hydrogen) atoms. The molecule has 0 aromatic heterocycles. The van der Waals surface area contributed by atoms with Crippen molar-refractivity contribution in [2.24, 2.45) is 17.1 Å². The van der Waals surface area contributed by atoms with E-state index in [-0.39, 0.29) is 12.2 Å². The zero-order valence-electron chi connectivity index (χ0n) is 14.8. The molecular weight excluding hydrogens is 303 g/mol. The molecule has 1 atom stereocenters. The number of hydrogen-bond acceptors (Lipinski definition) is 2. The average molecular weight is 331 g/mol. The summed E-state index contributed by atoms with van der Waals surface area (Å²) in [5.41, 5.74) is 5.16. The second kappa shape index (κ2) is 8.48. The predicted molar refractivity (Wildman–Crippen MR) is 88.1 cm³/mol. The van der Waals surface area contributed by atoms with Crippen LogP contribution in [0.4, 0.5) is 13.2 Å². The Balaban J connectivity index is 0.00000108. The van der Waals surface area contributed by atoms with Crippen molar-refractivity contribution in [2.75, 3.05) is 0 Å². The number of rotatable bonds is 3. The molecule has 0 radical (unpaired) electrons. The van der Waals surface area contributed by atoms with Gasteiger partial charge >= 0.3 is 6.18 Å². The number of nitrogens with two attached hydrogens (primary N) is 1. The minimum absolute atomic E-state index is 0.104. The molecule has 0 aliphatic heterocycles. The Morgan fingerprint density at radius 3 is 1.74 bits per heavy atom. The molecule has 5 heteroatoms. The summed E-state index contributed by atoms with van der Waals surface area (Å²) in [7, 11) is 0. The fraction of sp³-hybridized carbons (Fsp3) is 0.611. The molecule has 1 rings (SSSR count). The summed E-state index contributed by atoms with van der Waals surface area (Å²) < 4.78 is 37.2. The zero-order valence-corrected chi connectivity index (χ0v) is 14.8. The summed E-state index contributed by atoms with van der Waals surface area (Å²) in [5.74, 6) is 0.729. The smallest absolute Gasteiger partial charge is 0.321 e. The SMILES string of the molecule is CC(C)(C)C(=O)[C@@H](N)Cc1ccc(C(F)(F)F)cc1.CC(C)C. The Hall–Kier alpha value is -1.36. The average Bonchev–Trinajstić information content (AvgIpc) is 2.35. The van der Waals surface area contributed by atoms with Crippen molar-refractivity contribution in [1.29, 1.82) is 0 Å². The summed E-state index contributed by atoms with van der Waals surface area (Å²) in [6, 6.07) is 4.03. The largest absolute Gasteiger partial charge is 0.416 e. The summed E-state index contributed by atoms with van der Waals surface area (Å²) in [6.07, 6.45) is -4.10. The number of carbonyl (C=O) groups excluding carboxylic acids is 1. The molecule has 0 amide bonds.